The minimum atomic E-state index is -0.468. The van der Waals surface area contributed by atoms with Crippen LogP contribution in [0.15, 0.2) is 28.9 Å². The molecule has 0 aliphatic rings. The summed E-state index contributed by atoms with van der Waals surface area (Å²) in [4.78, 5) is 3.95. The molecule has 0 radical (unpaired) electrons. The molecule has 0 aliphatic carbocycles. The van der Waals surface area contributed by atoms with Crippen LogP contribution in [0.5, 0.6) is 0 Å². The lowest BCUT2D eigenvalue weighted by Crippen LogP contribution is -2.00. The minimum absolute atomic E-state index is 0.174. The molecule has 2 aromatic rings. The lowest BCUT2D eigenvalue weighted by atomic mass is 10.1. The van der Waals surface area contributed by atoms with Crippen molar-refractivity contribution in [3.63, 3.8) is 0 Å². The fourth-order valence-electron chi connectivity index (χ4n) is 1.73. The molecule has 0 unspecified atom stereocenters. The number of aromatic nitrogens is 1. The summed E-state index contributed by atoms with van der Waals surface area (Å²) >= 11 is 9.09. The molecule has 2 nitrogen and oxygen atoms in total. The normalized spacial score (nSPS) is 10.5. The average Bonchev–Trinajstić information content (AvgIpc) is 2.25. The molecule has 1 aromatic heterocycles. The van der Waals surface area contributed by atoms with Crippen LogP contribution >= 0.6 is 27.5 Å². The van der Waals surface area contributed by atoms with Crippen LogP contribution in [0.25, 0.3) is 0 Å². The maximum Gasteiger partial charge on any atom is 0.167 e. The summed E-state index contributed by atoms with van der Waals surface area (Å²) in [6.45, 7) is 3.90. The quantitative estimate of drug-likeness (QED) is 0.839. The van der Waals surface area contributed by atoms with E-state index < -0.39 is 5.82 Å². The van der Waals surface area contributed by atoms with Crippen molar-refractivity contribution in [3.8, 4) is 0 Å². The van der Waals surface area contributed by atoms with Crippen molar-refractivity contribution >= 4 is 39.0 Å². The molecular formula is C13H11BrClFN2. The van der Waals surface area contributed by atoms with Crippen LogP contribution < -0.4 is 5.32 Å². The number of pyridine rings is 1. The van der Waals surface area contributed by atoms with Gasteiger partial charge < -0.3 is 5.32 Å². The second-order valence-corrected chi connectivity index (χ2v) is 5.38. The number of nitrogens with one attached hydrogen (secondary N) is 1. The summed E-state index contributed by atoms with van der Waals surface area (Å²) in [6, 6.07) is 5.16. The van der Waals surface area contributed by atoms with Crippen molar-refractivity contribution < 1.29 is 4.39 Å². The van der Waals surface area contributed by atoms with E-state index in [9.17, 15) is 4.39 Å². The largest absolute Gasteiger partial charge is 0.337 e. The van der Waals surface area contributed by atoms with E-state index in [2.05, 4.69) is 26.2 Å². The molecule has 1 aromatic carbocycles. The summed E-state index contributed by atoms with van der Waals surface area (Å²) < 4.78 is 14.7. The van der Waals surface area contributed by atoms with Crippen molar-refractivity contribution in [1.82, 2.24) is 4.98 Å². The number of hydrogen-bond donors (Lipinski definition) is 1. The summed E-state index contributed by atoms with van der Waals surface area (Å²) in [6.07, 6.45) is 1.41. The fourth-order valence-corrected chi connectivity index (χ4v) is 2.56. The molecule has 0 fully saturated rings. The molecule has 0 spiro atoms. The average molecular weight is 330 g/mol. The third-order valence-electron chi connectivity index (χ3n) is 2.55. The van der Waals surface area contributed by atoms with Crippen molar-refractivity contribution in [3.05, 3.63) is 50.8 Å². The van der Waals surface area contributed by atoms with E-state index in [1.54, 1.807) is 0 Å². The Morgan fingerprint density at radius 1 is 1.22 bits per heavy atom. The number of aryl methyl sites for hydroxylation is 2. The van der Waals surface area contributed by atoms with E-state index >= 15 is 0 Å². The van der Waals surface area contributed by atoms with Gasteiger partial charge in [-0.15, -0.1) is 0 Å². The van der Waals surface area contributed by atoms with Crippen LogP contribution in [-0.2, 0) is 0 Å². The third-order valence-corrected chi connectivity index (χ3v) is 3.21. The predicted octanol–water partition coefficient (Wildman–Crippen LogP) is 5.00. The van der Waals surface area contributed by atoms with Crippen LogP contribution in [0.4, 0.5) is 15.9 Å². The smallest absolute Gasteiger partial charge is 0.167 e. The van der Waals surface area contributed by atoms with E-state index in [1.165, 1.54) is 12.3 Å². The molecule has 0 saturated heterocycles. The van der Waals surface area contributed by atoms with Crippen molar-refractivity contribution in [2.24, 2.45) is 0 Å². The van der Waals surface area contributed by atoms with Crippen molar-refractivity contribution in [1.29, 1.82) is 0 Å². The first-order valence-corrected chi connectivity index (χ1v) is 6.49. The highest BCUT2D eigenvalue weighted by Crippen LogP contribution is 2.28. The molecule has 0 saturated carbocycles. The van der Waals surface area contributed by atoms with Gasteiger partial charge in [0.15, 0.2) is 11.6 Å². The number of benzene rings is 1. The number of rotatable bonds is 2. The Kier molecular flexibility index (Phi) is 3.88. The van der Waals surface area contributed by atoms with E-state index in [0.29, 0.717) is 0 Å². The van der Waals surface area contributed by atoms with Gasteiger partial charge in [0.2, 0.25) is 0 Å². The van der Waals surface area contributed by atoms with Gasteiger partial charge in [0.1, 0.15) is 0 Å². The zero-order valence-electron chi connectivity index (χ0n) is 9.89. The summed E-state index contributed by atoms with van der Waals surface area (Å²) in [5, 5.41) is 3.28. The zero-order valence-corrected chi connectivity index (χ0v) is 12.2. The SMILES string of the molecule is Cc1cc(Br)cc(C)c1Nc1ncc(Cl)cc1F. The highest BCUT2D eigenvalue weighted by molar-refractivity contribution is 9.10. The Morgan fingerprint density at radius 2 is 1.83 bits per heavy atom. The van der Waals surface area contributed by atoms with Gasteiger partial charge in [-0.05, 0) is 43.2 Å². The summed E-state index contributed by atoms with van der Waals surface area (Å²) in [5.41, 5.74) is 2.88. The van der Waals surface area contributed by atoms with Crippen LogP contribution in [0.1, 0.15) is 11.1 Å². The molecule has 5 heteroatoms. The summed E-state index contributed by atoms with van der Waals surface area (Å²) in [7, 11) is 0. The van der Waals surface area contributed by atoms with Gasteiger partial charge in [0.05, 0.1) is 5.02 Å². The van der Waals surface area contributed by atoms with Crippen molar-refractivity contribution in [2.45, 2.75) is 13.8 Å². The van der Waals surface area contributed by atoms with Crippen LogP contribution in [0.2, 0.25) is 5.02 Å². The highest BCUT2D eigenvalue weighted by atomic mass is 79.9. The number of halogens is 3. The monoisotopic (exact) mass is 328 g/mol. The van der Waals surface area contributed by atoms with E-state index in [-0.39, 0.29) is 10.8 Å². The Labute approximate surface area is 118 Å². The molecule has 1 N–H and O–H groups in total. The van der Waals surface area contributed by atoms with Crippen LogP contribution in [-0.4, -0.2) is 4.98 Å². The van der Waals surface area contributed by atoms with Crippen LogP contribution in [0, 0.1) is 19.7 Å². The van der Waals surface area contributed by atoms with E-state index in [0.717, 1.165) is 21.3 Å². The number of anilines is 2. The third kappa shape index (κ3) is 2.82. The topological polar surface area (TPSA) is 24.9 Å². The van der Waals surface area contributed by atoms with E-state index in [4.69, 9.17) is 11.6 Å². The maximum atomic E-state index is 13.7. The Morgan fingerprint density at radius 3 is 2.39 bits per heavy atom. The molecule has 1 heterocycles. The van der Waals surface area contributed by atoms with Gasteiger partial charge in [-0.3, -0.25) is 0 Å². The Hall–Kier alpha value is -1.13. The predicted molar refractivity (Wildman–Crippen MR) is 76.1 cm³/mol. The molecule has 18 heavy (non-hydrogen) atoms. The lowest BCUT2D eigenvalue weighted by Gasteiger charge is -2.13. The van der Waals surface area contributed by atoms with Gasteiger partial charge in [-0.1, -0.05) is 27.5 Å². The molecule has 0 aliphatic heterocycles. The Balaban J connectivity index is 2.40. The molecule has 2 rings (SSSR count). The first-order valence-electron chi connectivity index (χ1n) is 5.32. The van der Waals surface area contributed by atoms with Gasteiger partial charge in [-0.25, -0.2) is 9.37 Å². The number of nitrogens with zero attached hydrogens (tertiary/aromatic N) is 1. The molecular weight excluding hydrogens is 319 g/mol. The second-order valence-electron chi connectivity index (χ2n) is 4.02. The standard InChI is InChI=1S/C13H11BrClFN2/c1-7-3-9(14)4-8(2)12(7)18-13-11(16)5-10(15)6-17-13/h3-6H,1-2H3,(H,17,18). The van der Waals surface area contributed by atoms with Gasteiger partial charge in [-0.2, -0.15) is 0 Å². The number of hydrogen-bond acceptors (Lipinski definition) is 2. The second kappa shape index (κ2) is 5.24. The summed E-state index contributed by atoms with van der Waals surface area (Å²) in [5.74, 6) is -0.294. The highest BCUT2D eigenvalue weighted by Gasteiger charge is 2.09. The maximum absolute atomic E-state index is 13.7. The first-order chi connectivity index (χ1) is 8.47. The van der Waals surface area contributed by atoms with Gasteiger partial charge in [0, 0.05) is 16.4 Å². The minimum Gasteiger partial charge on any atom is -0.337 e. The molecule has 0 amide bonds. The van der Waals surface area contributed by atoms with E-state index in [1.807, 2.05) is 26.0 Å². The molecule has 0 bridgehead atoms. The van der Waals surface area contributed by atoms with Crippen molar-refractivity contribution in [2.75, 3.05) is 5.32 Å². The fraction of sp³-hybridized carbons (Fsp3) is 0.154. The van der Waals surface area contributed by atoms with Gasteiger partial charge >= 0.3 is 0 Å². The first kappa shape index (κ1) is 13.3. The zero-order chi connectivity index (χ0) is 13.3. The molecule has 0 atom stereocenters. The van der Waals surface area contributed by atoms with Gasteiger partial charge in [0.25, 0.3) is 0 Å². The Bertz CT molecular complexity index is 579. The molecule has 94 valence electrons. The lowest BCUT2D eigenvalue weighted by molar-refractivity contribution is 0.626. The van der Waals surface area contributed by atoms with Crippen LogP contribution in [0.3, 0.4) is 0 Å².